The Morgan fingerprint density at radius 3 is 2.30 bits per heavy atom. The number of carbonyl (C=O) groups is 1. The van der Waals surface area contributed by atoms with Crippen LogP contribution in [-0.4, -0.2) is 61.9 Å². The zero-order valence-electron chi connectivity index (χ0n) is 19.0. The van der Waals surface area contributed by atoms with E-state index in [9.17, 15) is 13.2 Å². The Hall–Kier alpha value is -1.15. The van der Waals surface area contributed by atoms with Crippen molar-refractivity contribution in [3.05, 3.63) is 29.3 Å². The van der Waals surface area contributed by atoms with Crippen molar-refractivity contribution in [3.8, 4) is 0 Å². The van der Waals surface area contributed by atoms with Gasteiger partial charge in [0.2, 0.25) is 15.9 Å². The summed E-state index contributed by atoms with van der Waals surface area (Å²) in [5.74, 6) is 1.87. The minimum absolute atomic E-state index is 0.150. The highest BCUT2D eigenvalue weighted by molar-refractivity contribution is 7.89. The summed E-state index contributed by atoms with van der Waals surface area (Å²) >= 11 is 6.03. The zero-order valence-corrected chi connectivity index (χ0v) is 20.6. The molecule has 33 heavy (non-hydrogen) atoms. The Morgan fingerprint density at radius 1 is 1.03 bits per heavy atom. The van der Waals surface area contributed by atoms with Gasteiger partial charge in [0.15, 0.2) is 0 Å². The lowest BCUT2D eigenvalue weighted by atomic mass is 9.89. The molecule has 2 heterocycles. The second-order valence-corrected chi connectivity index (χ2v) is 13.4. The number of amides is 1. The first-order valence-electron chi connectivity index (χ1n) is 12.5. The third-order valence-electron chi connectivity index (χ3n) is 8.82. The second kappa shape index (κ2) is 8.21. The predicted octanol–water partition coefficient (Wildman–Crippen LogP) is 3.94. The third-order valence-corrected chi connectivity index (χ3v) is 11.0. The Labute approximate surface area is 201 Å². The van der Waals surface area contributed by atoms with E-state index in [1.54, 1.807) is 28.6 Å². The summed E-state index contributed by atoms with van der Waals surface area (Å²) in [5, 5.41) is 0.519. The number of nitrogens with zero attached hydrogens (tertiary/aromatic N) is 2. The molecule has 2 unspecified atom stereocenters. The lowest BCUT2D eigenvalue weighted by molar-refractivity contribution is -0.136. The molecule has 3 aliphatic carbocycles. The molecule has 0 spiro atoms. The minimum Gasteiger partial charge on any atom is -0.378 e. The van der Waals surface area contributed by atoms with Crippen molar-refractivity contribution in [2.75, 3.05) is 26.3 Å². The van der Waals surface area contributed by atoms with Crippen LogP contribution in [0.5, 0.6) is 0 Å². The van der Waals surface area contributed by atoms with E-state index in [-0.39, 0.29) is 28.3 Å². The molecule has 3 saturated carbocycles. The number of ether oxygens (including phenoxy) is 1. The monoisotopic (exact) mass is 492 g/mol. The first kappa shape index (κ1) is 22.3. The molecule has 1 aromatic carbocycles. The minimum atomic E-state index is -3.72. The van der Waals surface area contributed by atoms with Crippen LogP contribution in [0.25, 0.3) is 0 Å². The van der Waals surface area contributed by atoms with Gasteiger partial charge in [0, 0.05) is 24.5 Å². The summed E-state index contributed by atoms with van der Waals surface area (Å²) in [6, 6.07) is 6.03. The molecule has 4 atom stereocenters. The zero-order chi connectivity index (χ0) is 22.8. The fourth-order valence-electron chi connectivity index (χ4n) is 6.64. The summed E-state index contributed by atoms with van der Waals surface area (Å²) in [7, 11) is -3.72. The van der Waals surface area contributed by atoms with E-state index in [0.717, 1.165) is 38.8 Å². The first-order valence-corrected chi connectivity index (χ1v) is 14.3. The Bertz CT molecular complexity index is 1010. The van der Waals surface area contributed by atoms with Gasteiger partial charge in [0.05, 0.1) is 30.2 Å². The van der Waals surface area contributed by atoms with E-state index in [1.807, 2.05) is 0 Å². The number of halogens is 1. The molecular weight excluding hydrogens is 460 g/mol. The van der Waals surface area contributed by atoms with Crippen LogP contribution in [-0.2, 0) is 19.6 Å². The summed E-state index contributed by atoms with van der Waals surface area (Å²) < 4.78 is 35.7. The number of benzene rings is 1. The molecule has 0 aromatic heterocycles. The van der Waals surface area contributed by atoms with Gasteiger partial charge in [-0.15, -0.1) is 0 Å². The van der Waals surface area contributed by atoms with E-state index < -0.39 is 10.0 Å². The molecule has 1 aromatic rings. The molecule has 0 radical (unpaired) electrons. The van der Waals surface area contributed by atoms with E-state index in [4.69, 9.17) is 16.3 Å². The van der Waals surface area contributed by atoms with Crippen LogP contribution in [0, 0.1) is 23.2 Å². The number of sulfonamides is 1. The average molecular weight is 493 g/mol. The van der Waals surface area contributed by atoms with Gasteiger partial charge in [0.25, 0.3) is 0 Å². The van der Waals surface area contributed by atoms with Crippen molar-refractivity contribution in [2.45, 2.75) is 68.3 Å². The topological polar surface area (TPSA) is 66.9 Å². The van der Waals surface area contributed by atoms with Crippen LogP contribution < -0.4 is 0 Å². The standard InChI is InChI=1S/C25H33ClN2O4S/c26-20-5-7-21(8-6-20)33(30,31)28-22(19-3-4-19)15-32-16-23(28)25(9-10-25)12-24(29)27-13-17-1-2-18(11-17)14-27/h5-8,17-19,22-23H,1-4,9-16H2/t17?,18?,22-,23+/m0/s1. The number of likely N-dealkylation sites (tertiary alicyclic amines) is 1. The molecule has 180 valence electrons. The first-order chi connectivity index (χ1) is 15.9. The maximum Gasteiger partial charge on any atom is 0.243 e. The Balaban J connectivity index is 1.28. The van der Waals surface area contributed by atoms with Crippen LogP contribution >= 0.6 is 11.6 Å². The Kier molecular flexibility index (Phi) is 5.56. The maximum absolute atomic E-state index is 13.9. The molecule has 5 fully saturated rings. The van der Waals surface area contributed by atoms with Crippen molar-refractivity contribution >= 4 is 27.5 Å². The van der Waals surface area contributed by atoms with Gasteiger partial charge >= 0.3 is 0 Å². The lowest BCUT2D eigenvalue weighted by Gasteiger charge is -2.45. The molecule has 5 aliphatic rings. The summed E-state index contributed by atoms with van der Waals surface area (Å²) in [5.41, 5.74) is -0.305. The van der Waals surface area contributed by atoms with Crippen LogP contribution in [0.1, 0.15) is 51.4 Å². The molecule has 8 heteroatoms. The number of fused-ring (bicyclic) bond motifs is 2. The highest BCUT2D eigenvalue weighted by atomic mass is 35.5. The van der Waals surface area contributed by atoms with Crippen LogP contribution in [0.2, 0.25) is 5.02 Å². The highest BCUT2D eigenvalue weighted by Gasteiger charge is 2.59. The summed E-state index contributed by atoms with van der Waals surface area (Å²) in [4.78, 5) is 15.8. The van der Waals surface area contributed by atoms with Gasteiger partial charge in [-0.25, -0.2) is 8.42 Å². The third kappa shape index (κ3) is 4.13. The highest BCUT2D eigenvalue weighted by Crippen LogP contribution is 2.57. The number of morpholine rings is 1. The van der Waals surface area contributed by atoms with Gasteiger partial charge in [-0.05, 0) is 92.4 Å². The number of rotatable bonds is 6. The number of hydrogen-bond acceptors (Lipinski definition) is 4. The van der Waals surface area contributed by atoms with Crippen molar-refractivity contribution in [3.63, 3.8) is 0 Å². The number of hydrogen-bond donors (Lipinski definition) is 0. The summed E-state index contributed by atoms with van der Waals surface area (Å²) in [6.07, 6.45) is 8.03. The van der Waals surface area contributed by atoms with Crippen molar-refractivity contribution < 1.29 is 17.9 Å². The van der Waals surface area contributed by atoms with Crippen LogP contribution in [0.15, 0.2) is 29.2 Å². The van der Waals surface area contributed by atoms with Crippen molar-refractivity contribution in [2.24, 2.45) is 23.2 Å². The van der Waals surface area contributed by atoms with Gasteiger partial charge in [-0.1, -0.05) is 11.6 Å². The normalized spacial score (nSPS) is 33.8. The van der Waals surface area contributed by atoms with Crippen LogP contribution in [0.4, 0.5) is 0 Å². The van der Waals surface area contributed by atoms with Crippen molar-refractivity contribution in [1.82, 2.24) is 9.21 Å². The smallest absolute Gasteiger partial charge is 0.243 e. The lowest BCUT2D eigenvalue weighted by Crippen LogP contribution is -2.59. The fraction of sp³-hybridized carbons (Fsp3) is 0.720. The van der Waals surface area contributed by atoms with Gasteiger partial charge in [-0.3, -0.25) is 4.79 Å². The molecule has 6 rings (SSSR count). The number of piperidine rings is 1. The maximum atomic E-state index is 13.9. The Morgan fingerprint density at radius 2 is 1.70 bits per heavy atom. The van der Waals surface area contributed by atoms with Crippen molar-refractivity contribution in [1.29, 1.82) is 0 Å². The van der Waals surface area contributed by atoms with Gasteiger partial charge in [0.1, 0.15) is 0 Å². The quantitative estimate of drug-likeness (QED) is 0.603. The number of carbonyl (C=O) groups excluding carboxylic acids is 1. The van der Waals surface area contributed by atoms with E-state index >= 15 is 0 Å². The molecule has 2 aliphatic heterocycles. The molecular formula is C25H33ClN2O4S. The molecule has 2 saturated heterocycles. The van der Waals surface area contributed by atoms with Gasteiger partial charge < -0.3 is 9.64 Å². The van der Waals surface area contributed by atoms with Gasteiger partial charge in [-0.2, -0.15) is 4.31 Å². The predicted molar refractivity (Wildman–Crippen MR) is 125 cm³/mol. The molecule has 0 N–H and O–H groups in total. The largest absolute Gasteiger partial charge is 0.378 e. The second-order valence-electron chi connectivity index (χ2n) is 11.1. The van der Waals surface area contributed by atoms with E-state index in [2.05, 4.69) is 4.90 Å². The average Bonchev–Trinajstić information content (AvgIpc) is 3.73. The summed E-state index contributed by atoms with van der Waals surface area (Å²) in [6.45, 7) is 2.57. The molecule has 6 nitrogen and oxygen atoms in total. The van der Waals surface area contributed by atoms with E-state index in [1.165, 1.54) is 19.3 Å². The molecule has 2 bridgehead atoms. The van der Waals surface area contributed by atoms with E-state index in [0.29, 0.717) is 42.4 Å². The van der Waals surface area contributed by atoms with Crippen LogP contribution in [0.3, 0.4) is 0 Å². The SMILES string of the molecule is O=C(CC1([C@H]2COC[C@@H](C3CC3)N2S(=O)(=O)c2ccc(Cl)cc2)CC1)N1CC2CCC(C2)C1. The molecule has 1 amide bonds. The fourth-order valence-corrected chi connectivity index (χ4v) is 8.70.